The van der Waals surface area contributed by atoms with Gasteiger partial charge in [0.25, 0.3) is 0 Å². The van der Waals surface area contributed by atoms with Gasteiger partial charge in [0.1, 0.15) is 11.9 Å². The van der Waals surface area contributed by atoms with Crippen LogP contribution in [0.5, 0.6) is 0 Å². The molecule has 0 aromatic carbocycles. The van der Waals surface area contributed by atoms with E-state index in [1.54, 1.807) is 0 Å². The second-order valence-corrected chi connectivity index (χ2v) is 3.38. The first-order valence-corrected chi connectivity index (χ1v) is 4.90. The molecule has 0 radical (unpaired) electrons. The fourth-order valence-electron chi connectivity index (χ4n) is 1.09. The molecule has 0 aliphatic rings. The Labute approximate surface area is 88.6 Å². The molecular formula is C10H15N3O2. The number of hydrogen-bond donors (Lipinski definition) is 2. The van der Waals surface area contributed by atoms with Crippen LogP contribution in [0.3, 0.4) is 0 Å². The maximum absolute atomic E-state index is 10.8. The molecule has 0 saturated carbocycles. The third kappa shape index (κ3) is 3.28. The Morgan fingerprint density at radius 2 is 2.40 bits per heavy atom. The Morgan fingerprint density at radius 1 is 1.67 bits per heavy atom. The minimum Gasteiger partial charge on any atom is -0.478 e. The number of aromatic carboxylic acids is 1. The molecule has 0 aliphatic heterocycles. The monoisotopic (exact) mass is 209 g/mol. The molecule has 15 heavy (non-hydrogen) atoms. The van der Waals surface area contributed by atoms with Crippen molar-refractivity contribution in [3.63, 3.8) is 0 Å². The highest BCUT2D eigenvalue weighted by Crippen LogP contribution is 2.03. The molecule has 1 rings (SSSR count). The zero-order chi connectivity index (χ0) is 11.3. The summed E-state index contributed by atoms with van der Waals surface area (Å²) in [4.78, 5) is 18.5. The summed E-state index contributed by atoms with van der Waals surface area (Å²) < 4.78 is 0. The molecule has 0 aliphatic carbocycles. The van der Waals surface area contributed by atoms with Crippen LogP contribution in [0.15, 0.2) is 12.5 Å². The van der Waals surface area contributed by atoms with Crippen molar-refractivity contribution in [2.75, 3.05) is 0 Å². The van der Waals surface area contributed by atoms with Gasteiger partial charge >= 0.3 is 5.97 Å². The van der Waals surface area contributed by atoms with Gasteiger partial charge in [-0.15, -0.1) is 0 Å². The lowest BCUT2D eigenvalue weighted by atomic mass is 10.2. The quantitative estimate of drug-likeness (QED) is 0.758. The molecule has 82 valence electrons. The van der Waals surface area contributed by atoms with Crippen molar-refractivity contribution in [1.29, 1.82) is 0 Å². The third-order valence-electron chi connectivity index (χ3n) is 2.26. The third-order valence-corrected chi connectivity index (χ3v) is 2.26. The summed E-state index contributed by atoms with van der Waals surface area (Å²) >= 11 is 0. The molecule has 0 bridgehead atoms. The summed E-state index contributed by atoms with van der Waals surface area (Å²) in [6.45, 7) is 4.57. The molecule has 0 amide bonds. The number of carboxylic acids is 1. The van der Waals surface area contributed by atoms with Crippen molar-refractivity contribution in [3.05, 3.63) is 23.8 Å². The second kappa shape index (κ2) is 5.41. The van der Waals surface area contributed by atoms with E-state index < -0.39 is 5.97 Å². The molecule has 5 heteroatoms. The van der Waals surface area contributed by atoms with E-state index in [4.69, 9.17) is 5.11 Å². The maximum Gasteiger partial charge on any atom is 0.339 e. The largest absolute Gasteiger partial charge is 0.478 e. The molecule has 2 N–H and O–H groups in total. The van der Waals surface area contributed by atoms with Gasteiger partial charge in [0.15, 0.2) is 0 Å². The molecule has 5 nitrogen and oxygen atoms in total. The Balaban J connectivity index is 2.72. The number of nitrogens with one attached hydrogen (secondary N) is 1. The zero-order valence-electron chi connectivity index (χ0n) is 8.90. The van der Waals surface area contributed by atoms with Crippen molar-refractivity contribution in [1.82, 2.24) is 15.3 Å². The van der Waals surface area contributed by atoms with Crippen LogP contribution in [0.4, 0.5) is 0 Å². The first kappa shape index (κ1) is 11.6. The van der Waals surface area contributed by atoms with E-state index in [-0.39, 0.29) is 5.56 Å². The van der Waals surface area contributed by atoms with E-state index in [2.05, 4.69) is 22.2 Å². The minimum atomic E-state index is -0.989. The standard InChI is InChI=1S/C10H15N3O2/c1-3-7(2)12-5-9-8(10(14)15)4-11-6-13-9/h4,6-7,12H,3,5H2,1-2H3,(H,14,15). The van der Waals surface area contributed by atoms with Gasteiger partial charge in [0, 0.05) is 18.8 Å². The second-order valence-electron chi connectivity index (χ2n) is 3.38. The maximum atomic E-state index is 10.8. The fourth-order valence-corrected chi connectivity index (χ4v) is 1.09. The van der Waals surface area contributed by atoms with Crippen LogP contribution in [0.1, 0.15) is 36.3 Å². The van der Waals surface area contributed by atoms with Crippen LogP contribution in [0.2, 0.25) is 0 Å². The number of rotatable bonds is 5. The molecule has 0 fully saturated rings. The lowest BCUT2D eigenvalue weighted by Gasteiger charge is -2.11. The van der Waals surface area contributed by atoms with Gasteiger partial charge in [0.2, 0.25) is 0 Å². The smallest absolute Gasteiger partial charge is 0.339 e. The van der Waals surface area contributed by atoms with Crippen molar-refractivity contribution in [2.45, 2.75) is 32.9 Å². The number of hydrogen-bond acceptors (Lipinski definition) is 4. The summed E-state index contributed by atoms with van der Waals surface area (Å²) in [5.74, 6) is -0.989. The lowest BCUT2D eigenvalue weighted by molar-refractivity contribution is 0.0694. The zero-order valence-corrected chi connectivity index (χ0v) is 8.90. The van der Waals surface area contributed by atoms with E-state index in [0.717, 1.165) is 6.42 Å². The van der Waals surface area contributed by atoms with Crippen LogP contribution in [0, 0.1) is 0 Å². The van der Waals surface area contributed by atoms with Crippen molar-refractivity contribution < 1.29 is 9.90 Å². The number of nitrogens with zero attached hydrogens (tertiary/aromatic N) is 2. The van der Waals surface area contributed by atoms with Gasteiger partial charge in [-0.05, 0) is 13.3 Å². The van der Waals surface area contributed by atoms with Gasteiger partial charge in [-0.2, -0.15) is 0 Å². The van der Waals surface area contributed by atoms with E-state index in [1.165, 1.54) is 12.5 Å². The van der Waals surface area contributed by atoms with Gasteiger partial charge in [-0.1, -0.05) is 6.92 Å². The molecule has 1 heterocycles. The molecule has 0 saturated heterocycles. The molecular weight excluding hydrogens is 194 g/mol. The highest BCUT2D eigenvalue weighted by molar-refractivity contribution is 5.88. The summed E-state index contributed by atoms with van der Waals surface area (Å²) in [5.41, 5.74) is 0.686. The number of carboxylic acid groups (broad SMARTS) is 1. The number of aromatic nitrogens is 2. The summed E-state index contributed by atoms with van der Waals surface area (Å²) in [5, 5.41) is 12.1. The van der Waals surface area contributed by atoms with Gasteiger partial charge in [-0.25, -0.2) is 14.8 Å². The highest BCUT2D eigenvalue weighted by atomic mass is 16.4. The Kier molecular flexibility index (Phi) is 4.17. The first-order chi connectivity index (χ1) is 7.15. The van der Waals surface area contributed by atoms with E-state index in [0.29, 0.717) is 18.3 Å². The Hall–Kier alpha value is -1.49. The summed E-state index contributed by atoms with van der Waals surface area (Å²) in [6.07, 6.45) is 3.68. The Morgan fingerprint density at radius 3 is 3.00 bits per heavy atom. The van der Waals surface area contributed by atoms with Crippen LogP contribution >= 0.6 is 0 Å². The topological polar surface area (TPSA) is 75.1 Å². The van der Waals surface area contributed by atoms with Crippen LogP contribution < -0.4 is 5.32 Å². The van der Waals surface area contributed by atoms with Crippen LogP contribution in [0.25, 0.3) is 0 Å². The average molecular weight is 209 g/mol. The van der Waals surface area contributed by atoms with Crippen molar-refractivity contribution >= 4 is 5.97 Å². The molecule has 1 atom stereocenters. The first-order valence-electron chi connectivity index (χ1n) is 4.90. The predicted molar refractivity (Wildman–Crippen MR) is 55.6 cm³/mol. The molecule has 0 spiro atoms. The molecule has 1 aromatic heterocycles. The average Bonchev–Trinajstić information content (AvgIpc) is 2.26. The van der Waals surface area contributed by atoms with Crippen molar-refractivity contribution in [2.24, 2.45) is 0 Å². The lowest BCUT2D eigenvalue weighted by Crippen LogP contribution is -2.26. The SMILES string of the molecule is CCC(C)NCc1ncncc1C(=O)O. The van der Waals surface area contributed by atoms with Gasteiger partial charge in [0.05, 0.1) is 5.69 Å². The van der Waals surface area contributed by atoms with Crippen LogP contribution in [-0.2, 0) is 6.54 Å². The summed E-state index contributed by atoms with van der Waals surface area (Å²) in [7, 11) is 0. The molecule has 1 aromatic rings. The fraction of sp³-hybridized carbons (Fsp3) is 0.500. The molecule has 1 unspecified atom stereocenters. The minimum absolute atomic E-state index is 0.160. The normalized spacial score (nSPS) is 12.4. The van der Waals surface area contributed by atoms with Gasteiger partial charge in [-0.3, -0.25) is 0 Å². The van der Waals surface area contributed by atoms with E-state index >= 15 is 0 Å². The van der Waals surface area contributed by atoms with Crippen molar-refractivity contribution in [3.8, 4) is 0 Å². The van der Waals surface area contributed by atoms with Crippen LogP contribution in [-0.4, -0.2) is 27.1 Å². The van der Waals surface area contributed by atoms with E-state index in [9.17, 15) is 4.79 Å². The van der Waals surface area contributed by atoms with Gasteiger partial charge < -0.3 is 10.4 Å². The highest BCUT2D eigenvalue weighted by Gasteiger charge is 2.11. The van der Waals surface area contributed by atoms with E-state index in [1.807, 2.05) is 6.92 Å². The predicted octanol–water partition coefficient (Wildman–Crippen LogP) is 1.06. The number of carbonyl (C=O) groups is 1. The summed E-state index contributed by atoms with van der Waals surface area (Å²) in [6, 6.07) is 0.349. The Bertz CT molecular complexity index is 341.